The zero-order valence-electron chi connectivity index (χ0n) is 12.2. The molecule has 0 spiro atoms. The van der Waals surface area contributed by atoms with E-state index >= 15 is 0 Å². The fourth-order valence-electron chi connectivity index (χ4n) is 3.09. The summed E-state index contributed by atoms with van der Waals surface area (Å²) < 4.78 is 0. The van der Waals surface area contributed by atoms with Crippen LogP contribution in [0.3, 0.4) is 0 Å². The van der Waals surface area contributed by atoms with E-state index in [4.69, 9.17) is 5.73 Å². The molecule has 2 N–H and O–H groups in total. The average molecular weight is 304 g/mol. The second kappa shape index (κ2) is 5.72. The number of hydrogen-bond donors (Lipinski definition) is 1. The lowest BCUT2D eigenvalue weighted by Gasteiger charge is -2.32. The van der Waals surface area contributed by atoms with Gasteiger partial charge in [-0.25, -0.2) is 0 Å². The van der Waals surface area contributed by atoms with E-state index in [0.717, 1.165) is 25.8 Å². The lowest BCUT2D eigenvalue weighted by molar-refractivity contribution is -0.134. The molecule has 2 amide bonds. The summed E-state index contributed by atoms with van der Waals surface area (Å²) in [5.41, 5.74) is 7.87. The van der Waals surface area contributed by atoms with Crippen LogP contribution in [0.1, 0.15) is 24.0 Å². The van der Waals surface area contributed by atoms with Crippen LogP contribution < -0.4 is 5.73 Å². The van der Waals surface area contributed by atoms with E-state index in [1.165, 1.54) is 16.0 Å². The van der Waals surface area contributed by atoms with Crippen LogP contribution in [-0.4, -0.2) is 35.1 Å². The van der Waals surface area contributed by atoms with Gasteiger partial charge in [0.05, 0.1) is 11.2 Å². The molecule has 0 saturated carbocycles. The van der Waals surface area contributed by atoms with Gasteiger partial charge in [-0.15, -0.1) is 11.8 Å². The number of amides is 2. The van der Waals surface area contributed by atoms with Crippen LogP contribution in [-0.2, 0) is 16.0 Å². The standard InChI is InChI=1S/C16H20N2O2S/c1-10-4-5-11-8-14(21-13(11)7-10)16(20)18-6-2-3-12(9-18)15(17)19/h4-5,7,12,14H,2-3,6,8-9H2,1H3,(H2,17,19)/t12-,14-/m1/s1. The first-order valence-electron chi connectivity index (χ1n) is 7.39. The number of rotatable bonds is 2. The molecule has 21 heavy (non-hydrogen) atoms. The molecule has 0 aromatic heterocycles. The summed E-state index contributed by atoms with van der Waals surface area (Å²) in [7, 11) is 0. The number of carbonyl (C=O) groups is 2. The molecule has 5 heteroatoms. The number of thioether (sulfide) groups is 1. The Morgan fingerprint density at radius 3 is 2.95 bits per heavy atom. The first kappa shape index (κ1) is 14.4. The van der Waals surface area contributed by atoms with Gasteiger partial charge in [0.1, 0.15) is 0 Å². The van der Waals surface area contributed by atoms with E-state index in [9.17, 15) is 9.59 Å². The number of primary amides is 1. The van der Waals surface area contributed by atoms with Gasteiger partial charge in [0.15, 0.2) is 0 Å². The maximum Gasteiger partial charge on any atom is 0.236 e. The van der Waals surface area contributed by atoms with Crippen molar-refractivity contribution in [2.75, 3.05) is 13.1 Å². The van der Waals surface area contributed by atoms with E-state index in [2.05, 4.69) is 25.1 Å². The van der Waals surface area contributed by atoms with E-state index in [0.29, 0.717) is 6.54 Å². The molecule has 2 heterocycles. The number of nitrogens with zero attached hydrogens (tertiary/aromatic N) is 1. The first-order valence-corrected chi connectivity index (χ1v) is 8.27. The maximum atomic E-state index is 12.7. The van der Waals surface area contributed by atoms with E-state index in [-0.39, 0.29) is 23.0 Å². The van der Waals surface area contributed by atoms with E-state index in [1.807, 2.05) is 4.90 Å². The summed E-state index contributed by atoms with van der Waals surface area (Å²) in [6.07, 6.45) is 2.45. The Labute approximate surface area is 129 Å². The molecule has 112 valence electrons. The Kier molecular flexibility index (Phi) is 3.93. The van der Waals surface area contributed by atoms with Crippen LogP contribution in [0.2, 0.25) is 0 Å². The van der Waals surface area contributed by atoms with Crippen molar-refractivity contribution in [2.24, 2.45) is 11.7 Å². The molecule has 2 aliphatic rings. The first-order chi connectivity index (χ1) is 10.0. The molecule has 0 bridgehead atoms. The molecule has 3 rings (SSSR count). The second-order valence-electron chi connectivity index (χ2n) is 5.95. The van der Waals surface area contributed by atoms with Crippen molar-refractivity contribution in [1.29, 1.82) is 0 Å². The molecule has 1 fully saturated rings. The van der Waals surface area contributed by atoms with Crippen molar-refractivity contribution < 1.29 is 9.59 Å². The minimum Gasteiger partial charge on any atom is -0.369 e. The van der Waals surface area contributed by atoms with Gasteiger partial charge in [-0.2, -0.15) is 0 Å². The molecule has 4 nitrogen and oxygen atoms in total. The number of aryl methyl sites for hydroxylation is 1. The van der Waals surface area contributed by atoms with Gasteiger partial charge >= 0.3 is 0 Å². The molecule has 2 atom stereocenters. The topological polar surface area (TPSA) is 63.4 Å². The molecular weight excluding hydrogens is 284 g/mol. The quantitative estimate of drug-likeness (QED) is 0.905. The Bertz CT molecular complexity index is 588. The smallest absolute Gasteiger partial charge is 0.236 e. The van der Waals surface area contributed by atoms with Gasteiger partial charge in [0.2, 0.25) is 11.8 Å². The Hall–Kier alpha value is -1.49. The van der Waals surface area contributed by atoms with Crippen molar-refractivity contribution in [1.82, 2.24) is 4.90 Å². The highest BCUT2D eigenvalue weighted by molar-refractivity contribution is 8.01. The summed E-state index contributed by atoms with van der Waals surface area (Å²) >= 11 is 1.65. The Morgan fingerprint density at radius 1 is 1.38 bits per heavy atom. The average Bonchev–Trinajstić information content (AvgIpc) is 2.89. The third-order valence-corrected chi connectivity index (χ3v) is 5.59. The van der Waals surface area contributed by atoms with Crippen LogP contribution in [0.4, 0.5) is 0 Å². The number of benzene rings is 1. The number of likely N-dealkylation sites (tertiary alicyclic amines) is 1. The lowest BCUT2D eigenvalue weighted by Crippen LogP contribution is -2.47. The zero-order valence-corrected chi connectivity index (χ0v) is 13.0. The van der Waals surface area contributed by atoms with Crippen molar-refractivity contribution in [3.05, 3.63) is 29.3 Å². The van der Waals surface area contributed by atoms with Crippen molar-refractivity contribution in [3.8, 4) is 0 Å². The normalized spacial score (nSPS) is 24.7. The van der Waals surface area contributed by atoms with Crippen molar-refractivity contribution in [3.63, 3.8) is 0 Å². The predicted octanol–water partition coefficient (Wildman–Crippen LogP) is 1.74. The summed E-state index contributed by atoms with van der Waals surface area (Å²) in [4.78, 5) is 27.1. The Morgan fingerprint density at radius 2 is 2.19 bits per heavy atom. The molecule has 0 aliphatic carbocycles. The van der Waals surface area contributed by atoms with Crippen LogP contribution in [0, 0.1) is 12.8 Å². The maximum absolute atomic E-state index is 12.7. The monoisotopic (exact) mass is 304 g/mol. The van der Waals surface area contributed by atoms with Gasteiger partial charge in [0.25, 0.3) is 0 Å². The molecule has 1 aromatic carbocycles. The number of nitrogens with two attached hydrogens (primary N) is 1. The minimum absolute atomic E-state index is 0.0478. The van der Waals surface area contributed by atoms with Crippen LogP contribution in [0.25, 0.3) is 0 Å². The summed E-state index contributed by atoms with van der Waals surface area (Å²) in [6, 6.07) is 6.36. The third kappa shape index (κ3) is 2.93. The molecule has 2 aliphatic heterocycles. The largest absolute Gasteiger partial charge is 0.369 e. The zero-order chi connectivity index (χ0) is 15.0. The van der Waals surface area contributed by atoms with Gasteiger partial charge in [0, 0.05) is 18.0 Å². The van der Waals surface area contributed by atoms with Crippen LogP contribution >= 0.6 is 11.8 Å². The molecular formula is C16H20N2O2S. The van der Waals surface area contributed by atoms with E-state index in [1.54, 1.807) is 11.8 Å². The van der Waals surface area contributed by atoms with Crippen LogP contribution in [0.15, 0.2) is 23.1 Å². The molecule has 0 radical (unpaired) electrons. The number of hydrogen-bond acceptors (Lipinski definition) is 3. The molecule has 0 unspecified atom stereocenters. The van der Waals surface area contributed by atoms with Gasteiger partial charge in [-0.1, -0.05) is 17.7 Å². The van der Waals surface area contributed by atoms with E-state index < -0.39 is 0 Å². The van der Waals surface area contributed by atoms with Gasteiger partial charge in [-0.05, 0) is 37.8 Å². The summed E-state index contributed by atoms with van der Waals surface area (Å²) in [6.45, 7) is 3.30. The van der Waals surface area contributed by atoms with Gasteiger partial charge in [-0.3, -0.25) is 9.59 Å². The summed E-state index contributed by atoms with van der Waals surface area (Å²) in [5.74, 6) is -0.316. The minimum atomic E-state index is -0.287. The van der Waals surface area contributed by atoms with Crippen LogP contribution in [0.5, 0.6) is 0 Å². The summed E-state index contributed by atoms with van der Waals surface area (Å²) in [5, 5.41) is -0.0478. The lowest BCUT2D eigenvalue weighted by atomic mass is 9.97. The predicted molar refractivity (Wildman–Crippen MR) is 83.0 cm³/mol. The van der Waals surface area contributed by atoms with Crippen molar-refractivity contribution >= 4 is 23.6 Å². The highest BCUT2D eigenvalue weighted by atomic mass is 32.2. The SMILES string of the molecule is Cc1ccc2c(c1)S[C@@H](C(=O)N1CCC[C@@H](C(N)=O)C1)C2. The number of fused-ring (bicyclic) bond motifs is 1. The highest BCUT2D eigenvalue weighted by Crippen LogP contribution is 2.38. The van der Waals surface area contributed by atoms with Crippen molar-refractivity contribution in [2.45, 2.75) is 36.3 Å². The highest BCUT2D eigenvalue weighted by Gasteiger charge is 2.34. The fraction of sp³-hybridized carbons (Fsp3) is 0.500. The number of piperidine rings is 1. The molecule has 1 saturated heterocycles. The molecule has 1 aromatic rings. The number of carbonyl (C=O) groups excluding carboxylic acids is 2. The third-order valence-electron chi connectivity index (χ3n) is 4.31. The fourth-order valence-corrected chi connectivity index (χ4v) is 4.46. The van der Waals surface area contributed by atoms with Gasteiger partial charge < -0.3 is 10.6 Å². The Balaban J connectivity index is 1.68. The second-order valence-corrected chi connectivity index (χ2v) is 7.19.